The summed E-state index contributed by atoms with van der Waals surface area (Å²) < 4.78 is 0. The van der Waals surface area contributed by atoms with Gasteiger partial charge in [0.2, 0.25) is 6.41 Å². The molecule has 1 aliphatic rings. The van der Waals surface area contributed by atoms with Crippen LogP contribution in [-0.4, -0.2) is 34.5 Å². The molecule has 1 aliphatic carbocycles. The molecule has 18 heavy (non-hydrogen) atoms. The lowest BCUT2D eigenvalue weighted by Gasteiger charge is -2.44. The van der Waals surface area contributed by atoms with Crippen molar-refractivity contribution in [3.8, 4) is 0 Å². The summed E-state index contributed by atoms with van der Waals surface area (Å²) in [6, 6.07) is 0. The van der Waals surface area contributed by atoms with Gasteiger partial charge in [-0.2, -0.15) is 0 Å². The van der Waals surface area contributed by atoms with E-state index in [4.69, 9.17) is 0 Å². The van der Waals surface area contributed by atoms with Crippen LogP contribution in [-0.2, 0) is 9.59 Å². The standard InChI is InChI=1S/C14H25NO3/c1-4-8-15(10-16)14(13(17)18)7-5-6-12(9-14)11(2)3/h10-12H,4-9H2,1-3H3,(H,17,18). The van der Waals surface area contributed by atoms with E-state index in [0.29, 0.717) is 31.2 Å². The van der Waals surface area contributed by atoms with Gasteiger partial charge in [-0.1, -0.05) is 27.2 Å². The molecule has 1 saturated carbocycles. The smallest absolute Gasteiger partial charge is 0.329 e. The SMILES string of the molecule is CCCN(C=O)C1(C(=O)O)CCCC(C(C)C)C1. The molecule has 2 unspecified atom stereocenters. The molecule has 0 bridgehead atoms. The van der Waals surface area contributed by atoms with Crippen LogP contribution in [0.15, 0.2) is 0 Å². The van der Waals surface area contributed by atoms with Crippen molar-refractivity contribution in [1.29, 1.82) is 0 Å². The molecule has 4 heteroatoms. The van der Waals surface area contributed by atoms with Crippen molar-refractivity contribution < 1.29 is 14.7 Å². The molecule has 1 amide bonds. The van der Waals surface area contributed by atoms with Crippen LogP contribution in [0.5, 0.6) is 0 Å². The van der Waals surface area contributed by atoms with Gasteiger partial charge in [0.15, 0.2) is 0 Å². The fourth-order valence-electron chi connectivity index (χ4n) is 3.05. The Morgan fingerprint density at radius 1 is 1.56 bits per heavy atom. The zero-order valence-electron chi connectivity index (χ0n) is 11.7. The van der Waals surface area contributed by atoms with Gasteiger partial charge in [-0.25, -0.2) is 4.79 Å². The van der Waals surface area contributed by atoms with Crippen molar-refractivity contribution in [2.24, 2.45) is 11.8 Å². The normalized spacial score (nSPS) is 28.1. The summed E-state index contributed by atoms with van der Waals surface area (Å²) in [4.78, 5) is 24.5. The zero-order chi connectivity index (χ0) is 13.8. The van der Waals surface area contributed by atoms with Crippen LogP contribution in [0.4, 0.5) is 0 Å². The monoisotopic (exact) mass is 255 g/mol. The van der Waals surface area contributed by atoms with Crippen molar-refractivity contribution in [2.75, 3.05) is 6.54 Å². The Bertz CT molecular complexity index is 303. The van der Waals surface area contributed by atoms with E-state index >= 15 is 0 Å². The molecule has 0 spiro atoms. The fraction of sp³-hybridized carbons (Fsp3) is 0.857. The molecule has 0 aliphatic heterocycles. The van der Waals surface area contributed by atoms with E-state index < -0.39 is 11.5 Å². The highest BCUT2D eigenvalue weighted by Gasteiger charge is 2.47. The van der Waals surface area contributed by atoms with E-state index in [1.807, 2.05) is 6.92 Å². The topological polar surface area (TPSA) is 57.6 Å². The third-order valence-electron chi connectivity index (χ3n) is 4.25. The zero-order valence-corrected chi connectivity index (χ0v) is 11.7. The Labute approximate surface area is 109 Å². The second-order valence-corrected chi connectivity index (χ2v) is 5.74. The highest BCUT2D eigenvalue weighted by Crippen LogP contribution is 2.40. The van der Waals surface area contributed by atoms with Crippen LogP contribution in [0, 0.1) is 11.8 Å². The molecule has 0 aromatic rings. The predicted octanol–water partition coefficient (Wildman–Crippen LogP) is 2.52. The molecule has 2 atom stereocenters. The summed E-state index contributed by atoms with van der Waals surface area (Å²) >= 11 is 0. The van der Waals surface area contributed by atoms with E-state index in [1.54, 1.807) is 0 Å². The van der Waals surface area contributed by atoms with Gasteiger partial charge in [0.1, 0.15) is 5.54 Å². The summed E-state index contributed by atoms with van der Waals surface area (Å²) in [6.07, 6.45) is 4.66. The average molecular weight is 255 g/mol. The number of nitrogens with zero attached hydrogens (tertiary/aromatic N) is 1. The number of hydrogen-bond donors (Lipinski definition) is 1. The fourth-order valence-corrected chi connectivity index (χ4v) is 3.05. The van der Waals surface area contributed by atoms with E-state index in [9.17, 15) is 14.7 Å². The molecule has 0 saturated heterocycles. The van der Waals surface area contributed by atoms with Gasteiger partial charge in [0.05, 0.1) is 0 Å². The van der Waals surface area contributed by atoms with E-state index in [-0.39, 0.29) is 0 Å². The van der Waals surface area contributed by atoms with Crippen LogP contribution in [0.3, 0.4) is 0 Å². The number of carboxylic acids is 1. The van der Waals surface area contributed by atoms with Crippen LogP contribution < -0.4 is 0 Å². The first-order valence-corrected chi connectivity index (χ1v) is 6.93. The number of carbonyl (C=O) groups excluding carboxylic acids is 1. The predicted molar refractivity (Wildman–Crippen MR) is 70.2 cm³/mol. The van der Waals surface area contributed by atoms with E-state index in [0.717, 1.165) is 25.7 Å². The number of aliphatic carboxylic acids is 1. The lowest BCUT2D eigenvalue weighted by Crippen LogP contribution is -2.57. The van der Waals surface area contributed by atoms with Gasteiger partial charge in [-0.05, 0) is 37.5 Å². The Hall–Kier alpha value is -1.06. The van der Waals surface area contributed by atoms with Crippen LogP contribution >= 0.6 is 0 Å². The maximum absolute atomic E-state index is 11.7. The Morgan fingerprint density at radius 2 is 2.22 bits per heavy atom. The van der Waals surface area contributed by atoms with Crippen molar-refractivity contribution in [3.63, 3.8) is 0 Å². The molecule has 0 aromatic heterocycles. The molecular formula is C14H25NO3. The minimum absolute atomic E-state index is 0.397. The van der Waals surface area contributed by atoms with Crippen LogP contribution in [0.1, 0.15) is 52.9 Å². The number of rotatable bonds is 6. The van der Waals surface area contributed by atoms with Crippen molar-refractivity contribution in [2.45, 2.75) is 58.4 Å². The maximum atomic E-state index is 11.7. The molecule has 104 valence electrons. The molecular weight excluding hydrogens is 230 g/mol. The first-order chi connectivity index (χ1) is 8.47. The number of carbonyl (C=O) groups is 2. The van der Waals surface area contributed by atoms with Crippen LogP contribution in [0.2, 0.25) is 0 Å². The lowest BCUT2D eigenvalue weighted by atomic mass is 9.71. The summed E-state index contributed by atoms with van der Waals surface area (Å²) in [6.45, 7) is 6.76. The summed E-state index contributed by atoms with van der Waals surface area (Å²) in [7, 11) is 0. The molecule has 0 radical (unpaired) electrons. The van der Waals surface area contributed by atoms with Gasteiger partial charge >= 0.3 is 5.97 Å². The third-order valence-corrected chi connectivity index (χ3v) is 4.25. The Kier molecular flexibility index (Phi) is 5.17. The quantitative estimate of drug-likeness (QED) is 0.742. The van der Waals surface area contributed by atoms with Crippen molar-refractivity contribution >= 4 is 12.4 Å². The highest BCUT2D eigenvalue weighted by atomic mass is 16.4. The second kappa shape index (κ2) is 6.21. The largest absolute Gasteiger partial charge is 0.479 e. The van der Waals surface area contributed by atoms with Crippen LogP contribution in [0.25, 0.3) is 0 Å². The lowest BCUT2D eigenvalue weighted by molar-refractivity contribution is -0.159. The minimum Gasteiger partial charge on any atom is -0.479 e. The van der Waals surface area contributed by atoms with Gasteiger partial charge in [0.25, 0.3) is 0 Å². The van der Waals surface area contributed by atoms with E-state index in [2.05, 4.69) is 13.8 Å². The average Bonchev–Trinajstić information content (AvgIpc) is 2.35. The summed E-state index contributed by atoms with van der Waals surface area (Å²) in [5.41, 5.74) is -0.967. The molecule has 0 aromatic carbocycles. The minimum atomic E-state index is -0.967. The first-order valence-electron chi connectivity index (χ1n) is 6.93. The second-order valence-electron chi connectivity index (χ2n) is 5.74. The van der Waals surface area contributed by atoms with E-state index in [1.165, 1.54) is 4.90 Å². The Balaban J connectivity index is 2.98. The number of hydrogen-bond acceptors (Lipinski definition) is 2. The highest BCUT2D eigenvalue weighted by molar-refractivity contribution is 5.81. The maximum Gasteiger partial charge on any atom is 0.329 e. The molecule has 1 fully saturated rings. The van der Waals surface area contributed by atoms with Gasteiger partial charge in [-0.3, -0.25) is 4.79 Å². The number of amides is 1. The summed E-state index contributed by atoms with van der Waals surface area (Å²) in [5.74, 6) is 0.0294. The third kappa shape index (κ3) is 2.85. The van der Waals surface area contributed by atoms with Crippen molar-refractivity contribution in [1.82, 2.24) is 4.90 Å². The van der Waals surface area contributed by atoms with Gasteiger partial charge in [-0.15, -0.1) is 0 Å². The Morgan fingerprint density at radius 3 is 2.67 bits per heavy atom. The van der Waals surface area contributed by atoms with Gasteiger partial charge < -0.3 is 10.0 Å². The molecule has 1 rings (SSSR count). The number of carboxylic acid groups (broad SMARTS) is 1. The molecule has 0 heterocycles. The molecule has 1 N–H and O–H groups in total. The molecule has 4 nitrogen and oxygen atoms in total. The summed E-state index contributed by atoms with van der Waals surface area (Å²) in [5, 5.41) is 9.62. The first kappa shape index (κ1) is 15.0. The van der Waals surface area contributed by atoms with Gasteiger partial charge in [0, 0.05) is 6.54 Å². The van der Waals surface area contributed by atoms with Crippen molar-refractivity contribution in [3.05, 3.63) is 0 Å².